The Bertz CT molecular complexity index is 1450. The van der Waals surface area contributed by atoms with Gasteiger partial charge >= 0.3 is 0 Å². The van der Waals surface area contributed by atoms with Crippen LogP contribution in [0.5, 0.6) is 11.5 Å². The fraction of sp³-hybridized carbons (Fsp3) is 0.333. The highest BCUT2D eigenvalue weighted by Crippen LogP contribution is 2.37. The summed E-state index contributed by atoms with van der Waals surface area (Å²) in [5.74, 6) is 0.835. The van der Waals surface area contributed by atoms with Gasteiger partial charge in [0.25, 0.3) is 5.91 Å². The highest BCUT2D eigenvalue weighted by molar-refractivity contribution is 7.89. The van der Waals surface area contributed by atoms with Gasteiger partial charge in [-0.05, 0) is 37.1 Å². The maximum absolute atomic E-state index is 12.9. The average Bonchev–Trinajstić information content (AvgIpc) is 3.59. The Balaban J connectivity index is 1.41. The summed E-state index contributed by atoms with van der Waals surface area (Å²) in [5, 5.41) is 0. The van der Waals surface area contributed by atoms with Crippen LogP contribution in [-0.4, -0.2) is 56.3 Å². The van der Waals surface area contributed by atoms with Crippen molar-refractivity contribution in [2.75, 3.05) is 27.0 Å². The van der Waals surface area contributed by atoms with Gasteiger partial charge < -0.3 is 18.8 Å². The minimum absolute atomic E-state index is 0.0858. The van der Waals surface area contributed by atoms with E-state index in [1.165, 1.54) is 47.0 Å². The van der Waals surface area contributed by atoms with Crippen molar-refractivity contribution in [3.8, 4) is 11.5 Å². The number of fused-ring (bicyclic) bond motifs is 2. The number of allylic oxidation sites excluding steroid dienone is 1. The highest BCUT2D eigenvalue weighted by Gasteiger charge is 2.26. The Morgan fingerprint density at radius 1 is 1.26 bits per heavy atom. The molecule has 3 heterocycles. The van der Waals surface area contributed by atoms with Crippen molar-refractivity contribution >= 4 is 37.5 Å². The molecule has 1 amide bonds. The van der Waals surface area contributed by atoms with Gasteiger partial charge in [0, 0.05) is 44.4 Å². The number of carbonyl (C=O) groups is 1. The van der Waals surface area contributed by atoms with E-state index in [2.05, 4.69) is 11.6 Å². The number of benzene rings is 2. The number of aromatic nitrogens is 1. The second-order valence-electron chi connectivity index (χ2n) is 8.32. The van der Waals surface area contributed by atoms with Crippen LogP contribution in [0.1, 0.15) is 23.2 Å². The van der Waals surface area contributed by atoms with Crippen LogP contribution in [0.2, 0.25) is 0 Å². The molecule has 2 aliphatic rings. The molecule has 0 saturated carbocycles. The number of carbonyl (C=O) groups excluding carboxylic acids is 1. The monoisotopic (exact) mass is 515 g/mol. The van der Waals surface area contributed by atoms with Gasteiger partial charge in [-0.15, -0.1) is 6.58 Å². The SMILES string of the molecule is C=CCn1c(=NC(=O)c2ccc(S(=O)(=O)N(C)CC3CCCO3)cc2)sc2cc3c(cc21)OCO3. The maximum Gasteiger partial charge on any atom is 0.279 e. The zero-order valence-corrected chi connectivity index (χ0v) is 20.8. The molecule has 184 valence electrons. The van der Waals surface area contributed by atoms with Crippen molar-refractivity contribution in [1.82, 2.24) is 8.87 Å². The summed E-state index contributed by atoms with van der Waals surface area (Å²) < 4.78 is 46.4. The van der Waals surface area contributed by atoms with Gasteiger partial charge in [0.1, 0.15) is 0 Å². The Labute approximate surface area is 206 Å². The number of rotatable bonds is 7. The maximum atomic E-state index is 12.9. The average molecular weight is 516 g/mol. The summed E-state index contributed by atoms with van der Waals surface area (Å²) in [4.78, 5) is 17.9. The normalized spacial score (nSPS) is 18.0. The van der Waals surface area contributed by atoms with Gasteiger partial charge in [0.2, 0.25) is 16.8 Å². The number of likely N-dealkylation sites (N-methyl/N-ethyl adjacent to an activating group) is 1. The molecule has 9 nitrogen and oxygen atoms in total. The second kappa shape index (κ2) is 9.57. The van der Waals surface area contributed by atoms with Crippen LogP contribution in [0.4, 0.5) is 0 Å². The lowest BCUT2D eigenvalue weighted by Crippen LogP contribution is -2.34. The number of nitrogens with zero attached hydrogens (tertiary/aromatic N) is 3. The Kier molecular flexibility index (Phi) is 6.49. The van der Waals surface area contributed by atoms with Gasteiger partial charge in [-0.3, -0.25) is 4.79 Å². The van der Waals surface area contributed by atoms with E-state index in [-0.39, 0.29) is 17.8 Å². The smallest absolute Gasteiger partial charge is 0.279 e. The summed E-state index contributed by atoms with van der Waals surface area (Å²) in [6.07, 6.45) is 3.43. The topological polar surface area (TPSA) is 99.4 Å². The van der Waals surface area contributed by atoms with E-state index in [0.29, 0.717) is 41.6 Å². The molecule has 1 unspecified atom stereocenters. The van der Waals surface area contributed by atoms with E-state index < -0.39 is 15.9 Å². The van der Waals surface area contributed by atoms with Crippen LogP contribution in [0, 0.1) is 0 Å². The molecular weight excluding hydrogens is 490 g/mol. The molecule has 0 N–H and O–H groups in total. The number of ether oxygens (including phenoxy) is 3. The van der Waals surface area contributed by atoms with Crippen LogP contribution in [0.15, 0.2) is 58.9 Å². The lowest BCUT2D eigenvalue weighted by atomic mass is 10.2. The molecule has 1 atom stereocenters. The third-order valence-corrected chi connectivity index (χ3v) is 8.86. The molecule has 0 bridgehead atoms. The molecule has 2 aromatic carbocycles. The first-order valence-corrected chi connectivity index (χ1v) is 13.4. The second-order valence-corrected chi connectivity index (χ2v) is 11.4. The fourth-order valence-corrected chi connectivity index (χ4v) is 6.37. The first kappa shape index (κ1) is 23.7. The van der Waals surface area contributed by atoms with E-state index in [4.69, 9.17) is 14.2 Å². The Morgan fingerprint density at radius 2 is 2.00 bits per heavy atom. The molecule has 0 radical (unpaired) electrons. The van der Waals surface area contributed by atoms with Crippen molar-refractivity contribution in [1.29, 1.82) is 0 Å². The Hall–Kier alpha value is -2.99. The standard InChI is InChI=1S/C24H25N3O6S2/c1-3-10-27-19-12-20-21(33-15-32-20)13-22(19)34-24(27)25-23(28)16-6-8-18(9-7-16)35(29,30)26(2)14-17-5-4-11-31-17/h3,6-9,12-13,17H,1,4-5,10-11,14-15H2,2H3. The van der Waals surface area contributed by atoms with Crippen molar-refractivity contribution in [3.05, 3.63) is 59.4 Å². The minimum atomic E-state index is -3.69. The lowest BCUT2D eigenvalue weighted by molar-refractivity contribution is 0.0979. The molecule has 1 fully saturated rings. The predicted molar refractivity (Wildman–Crippen MR) is 131 cm³/mol. The van der Waals surface area contributed by atoms with Crippen LogP contribution < -0.4 is 14.3 Å². The van der Waals surface area contributed by atoms with E-state index >= 15 is 0 Å². The lowest BCUT2D eigenvalue weighted by Gasteiger charge is -2.20. The highest BCUT2D eigenvalue weighted by atomic mass is 32.2. The zero-order valence-electron chi connectivity index (χ0n) is 19.2. The van der Waals surface area contributed by atoms with Gasteiger partial charge in [-0.1, -0.05) is 17.4 Å². The van der Waals surface area contributed by atoms with E-state index in [1.807, 2.05) is 16.7 Å². The Morgan fingerprint density at radius 3 is 2.69 bits per heavy atom. The zero-order chi connectivity index (χ0) is 24.6. The summed E-state index contributed by atoms with van der Waals surface area (Å²) >= 11 is 1.36. The summed E-state index contributed by atoms with van der Waals surface area (Å²) in [5.41, 5.74) is 1.16. The van der Waals surface area contributed by atoms with Crippen molar-refractivity contribution in [2.45, 2.75) is 30.4 Å². The molecule has 2 aliphatic heterocycles. The quantitative estimate of drug-likeness (QED) is 0.448. The predicted octanol–water partition coefficient (Wildman–Crippen LogP) is 3.16. The molecule has 5 rings (SSSR count). The summed E-state index contributed by atoms with van der Waals surface area (Å²) in [6.45, 7) is 5.40. The van der Waals surface area contributed by atoms with Gasteiger partial charge in [-0.25, -0.2) is 8.42 Å². The van der Waals surface area contributed by atoms with Crippen molar-refractivity contribution in [3.63, 3.8) is 0 Å². The third-order valence-electron chi connectivity index (χ3n) is 5.98. The molecule has 3 aromatic rings. The number of amides is 1. The first-order valence-electron chi connectivity index (χ1n) is 11.2. The largest absolute Gasteiger partial charge is 0.454 e. The molecule has 1 aromatic heterocycles. The molecule has 11 heteroatoms. The summed E-state index contributed by atoms with van der Waals surface area (Å²) in [7, 11) is -2.15. The number of sulfonamides is 1. The number of hydrogen-bond donors (Lipinski definition) is 0. The molecule has 0 spiro atoms. The van der Waals surface area contributed by atoms with Crippen LogP contribution in [0.3, 0.4) is 0 Å². The third kappa shape index (κ3) is 4.64. The van der Waals surface area contributed by atoms with E-state index in [9.17, 15) is 13.2 Å². The first-order chi connectivity index (χ1) is 16.9. The van der Waals surface area contributed by atoms with E-state index in [0.717, 1.165) is 23.1 Å². The van der Waals surface area contributed by atoms with E-state index in [1.54, 1.807) is 6.08 Å². The minimum Gasteiger partial charge on any atom is -0.454 e. The molecule has 35 heavy (non-hydrogen) atoms. The van der Waals surface area contributed by atoms with Crippen molar-refractivity contribution in [2.24, 2.45) is 4.99 Å². The summed E-state index contributed by atoms with van der Waals surface area (Å²) in [6, 6.07) is 9.59. The molecule has 0 aliphatic carbocycles. The van der Waals surface area contributed by atoms with Gasteiger partial charge in [-0.2, -0.15) is 9.30 Å². The fourth-order valence-electron chi connectivity index (χ4n) is 4.12. The van der Waals surface area contributed by atoms with Gasteiger partial charge in [0.05, 0.1) is 21.2 Å². The van der Waals surface area contributed by atoms with Crippen LogP contribution >= 0.6 is 11.3 Å². The van der Waals surface area contributed by atoms with Crippen LogP contribution in [-0.2, 0) is 21.3 Å². The van der Waals surface area contributed by atoms with Crippen LogP contribution in [0.25, 0.3) is 10.2 Å². The number of thiazole rings is 1. The van der Waals surface area contributed by atoms with Crippen molar-refractivity contribution < 1.29 is 27.4 Å². The van der Waals surface area contributed by atoms with Gasteiger partial charge in [0.15, 0.2) is 16.3 Å². The number of hydrogen-bond acceptors (Lipinski definition) is 7. The molecule has 1 saturated heterocycles. The molecular formula is C24H25N3O6S2.